The van der Waals surface area contributed by atoms with Crippen molar-refractivity contribution in [2.75, 3.05) is 24.6 Å². The predicted molar refractivity (Wildman–Crippen MR) is 83.8 cm³/mol. The van der Waals surface area contributed by atoms with Crippen LogP contribution in [0.1, 0.15) is 37.0 Å². The molecule has 0 atom stereocenters. The fourth-order valence-corrected chi connectivity index (χ4v) is 2.65. The average Bonchev–Trinajstić information content (AvgIpc) is 2.45. The highest BCUT2D eigenvalue weighted by molar-refractivity contribution is 6.33. The zero-order chi connectivity index (χ0) is 15.4. The van der Waals surface area contributed by atoms with Crippen LogP contribution >= 0.6 is 11.6 Å². The lowest BCUT2D eigenvalue weighted by Crippen LogP contribution is -2.38. The van der Waals surface area contributed by atoms with Crippen molar-refractivity contribution >= 4 is 23.3 Å². The molecular formula is C15H22ClN3O2. The minimum atomic E-state index is -0.517. The first kappa shape index (κ1) is 16.0. The molecule has 2 heterocycles. The van der Waals surface area contributed by atoms with Gasteiger partial charge < -0.3 is 15.4 Å². The highest BCUT2D eigenvalue weighted by Crippen LogP contribution is 2.27. The molecule has 1 aliphatic heterocycles. The Labute approximate surface area is 130 Å². The van der Waals surface area contributed by atoms with Crippen molar-refractivity contribution < 1.29 is 9.53 Å². The van der Waals surface area contributed by atoms with Gasteiger partial charge in [0.2, 0.25) is 5.91 Å². The van der Waals surface area contributed by atoms with E-state index in [0.717, 1.165) is 32.5 Å². The molecule has 1 aliphatic rings. The van der Waals surface area contributed by atoms with E-state index in [2.05, 4.69) is 23.7 Å². The zero-order valence-electron chi connectivity index (χ0n) is 12.5. The summed E-state index contributed by atoms with van der Waals surface area (Å²) in [5, 5.41) is 0.466. The summed E-state index contributed by atoms with van der Waals surface area (Å²) in [6.07, 6.45) is 3.71. The van der Waals surface area contributed by atoms with Crippen molar-refractivity contribution in [3.8, 4) is 0 Å². The van der Waals surface area contributed by atoms with Crippen molar-refractivity contribution in [1.82, 2.24) is 4.98 Å². The Balaban J connectivity index is 1.94. The number of aromatic nitrogens is 1. The maximum Gasteiger partial charge on any atom is 0.250 e. The van der Waals surface area contributed by atoms with Crippen molar-refractivity contribution in [2.45, 2.75) is 32.8 Å². The van der Waals surface area contributed by atoms with E-state index < -0.39 is 5.91 Å². The van der Waals surface area contributed by atoms with Gasteiger partial charge >= 0.3 is 0 Å². The van der Waals surface area contributed by atoms with E-state index in [0.29, 0.717) is 28.4 Å². The third kappa shape index (κ3) is 4.32. The first-order valence-electron chi connectivity index (χ1n) is 7.29. The second kappa shape index (κ2) is 7.09. The molecule has 0 unspecified atom stereocenters. The number of halogens is 1. The number of nitrogens with two attached hydrogens (primary N) is 1. The molecule has 1 saturated heterocycles. The Hall–Kier alpha value is -1.33. The quantitative estimate of drug-likeness (QED) is 0.907. The number of hydrogen-bond donors (Lipinski definition) is 1. The van der Waals surface area contributed by atoms with Gasteiger partial charge in [0, 0.05) is 25.9 Å². The van der Waals surface area contributed by atoms with E-state index in [1.54, 1.807) is 6.07 Å². The summed E-state index contributed by atoms with van der Waals surface area (Å²) < 4.78 is 5.87. The maximum atomic E-state index is 11.1. The second-order valence-electron chi connectivity index (χ2n) is 5.81. The Bertz CT molecular complexity index is 500. The van der Waals surface area contributed by atoms with Gasteiger partial charge in [0.25, 0.3) is 0 Å². The molecule has 2 rings (SSSR count). The van der Waals surface area contributed by atoms with Crippen LogP contribution in [-0.4, -0.2) is 36.7 Å². The Morgan fingerprint density at radius 2 is 2.19 bits per heavy atom. The van der Waals surface area contributed by atoms with Crippen LogP contribution in [0.4, 0.5) is 5.82 Å². The summed E-state index contributed by atoms with van der Waals surface area (Å²) in [6, 6.07) is 1.58. The van der Waals surface area contributed by atoms with Gasteiger partial charge in [-0.1, -0.05) is 25.4 Å². The molecule has 5 nitrogen and oxygen atoms in total. The Morgan fingerprint density at radius 1 is 1.52 bits per heavy atom. The monoisotopic (exact) mass is 311 g/mol. The van der Waals surface area contributed by atoms with Crippen molar-refractivity contribution in [2.24, 2.45) is 11.7 Å². The molecule has 116 valence electrons. The molecule has 1 aromatic rings. The fraction of sp³-hybridized carbons (Fsp3) is 0.600. The lowest BCUT2D eigenvalue weighted by Gasteiger charge is -2.33. The third-order valence-corrected chi connectivity index (χ3v) is 3.79. The summed E-state index contributed by atoms with van der Waals surface area (Å²) in [4.78, 5) is 17.5. The van der Waals surface area contributed by atoms with Crippen molar-refractivity contribution in [1.29, 1.82) is 0 Å². The van der Waals surface area contributed by atoms with Crippen molar-refractivity contribution in [3.63, 3.8) is 0 Å². The van der Waals surface area contributed by atoms with Gasteiger partial charge in [-0.15, -0.1) is 0 Å². The van der Waals surface area contributed by atoms with Gasteiger partial charge in [-0.2, -0.15) is 0 Å². The Morgan fingerprint density at radius 3 is 2.71 bits per heavy atom. The molecular weight excluding hydrogens is 290 g/mol. The van der Waals surface area contributed by atoms with E-state index in [9.17, 15) is 4.79 Å². The number of primary amides is 1. The number of hydrogen-bond acceptors (Lipinski definition) is 4. The number of carbonyl (C=O) groups is 1. The van der Waals surface area contributed by atoms with E-state index in [-0.39, 0.29) is 0 Å². The van der Waals surface area contributed by atoms with Gasteiger partial charge in [0.15, 0.2) is 0 Å². The lowest BCUT2D eigenvalue weighted by atomic mass is 10.1. The van der Waals surface area contributed by atoms with E-state index >= 15 is 0 Å². The van der Waals surface area contributed by atoms with Crippen LogP contribution in [0.3, 0.4) is 0 Å². The largest absolute Gasteiger partial charge is 0.378 e. The first-order valence-corrected chi connectivity index (χ1v) is 7.67. The molecule has 0 spiro atoms. The fourth-order valence-electron chi connectivity index (χ4n) is 2.36. The Kier molecular flexibility index (Phi) is 5.42. The van der Waals surface area contributed by atoms with Gasteiger partial charge in [0.05, 0.1) is 16.7 Å². The van der Waals surface area contributed by atoms with Crippen molar-refractivity contribution in [3.05, 3.63) is 22.8 Å². The number of pyridine rings is 1. The molecule has 21 heavy (non-hydrogen) atoms. The SMILES string of the molecule is CC(C)COC1CCN(c2ncc(C(N)=O)cc2Cl)CC1. The van der Waals surface area contributed by atoms with Crippen LogP contribution in [0, 0.1) is 5.92 Å². The molecule has 1 aromatic heterocycles. The highest BCUT2D eigenvalue weighted by Gasteiger charge is 2.22. The molecule has 0 aromatic carbocycles. The standard InChI is InChI=1S/C15H22ClN3O2/c1-10(2)9-21-12-3-5-19(6-4-12)15-13(16)7-11(8-18-15)14(17)20/h7-8,10,12H,3-6,9H2,1-2H3,(H2,17,20). The maximum absolute atomic E-state index is 11.1. The van der Waals surface area contributed by atoms with Crippen LogP contribution < -0.4 is 10.6 Å². The molecule has 6 heteroatoms. The van der Waals surface area contributed by atoms with Gasteiger partial charge in [-0.25, -0.2) is 4.98 Å². The minimum absolute atomic E-state index is 0.312. The molecule has 0 radical (unpaired) electrons. The minimum Gasteiger partial charge on any atom is -0.378 e. The van der Waals surface area contributed by atoms with Gasteiger partial charge in [0.1, 0.15) is 5.82 Å². The van der Waals surface area contributed by atoms with Crippen LogP contribution in [0.2, 0.25) is 5.02 Å². The zero-order valence-corrected chi connectivity index (χ0v) is 13.3. The first-order chi connectivity index (χ1) is 9.97. The predicted octanol–water partition coefficient (Wildman–Crippen LogP) is 2.48. The van der Waals surface area contributed by atoms with E-state index in [1.165, 1.54) is 6.20 Å². The van der Waals surface area contributed by atoms with Crippen LogP contribution in [0.25, 0.3) is 0 Å². The summed E-state index contributed by atoms with van der Waals surface area (Å²) in [5.41, 5.74) is 5.55. The molecule has 0 aliphatic carbocycles. The van der Waals surface area contributed by atoms with Crippen LogP contribution in [0.15, 0.2) is 12.3 Å². The molecule has 0 bridgehead atoms. The number of anilines is 1. The highest BCUT2D eigenvalue weighted by atomic mass is 35.5. The molecule has 1 fully saturated rings. The van der Waals surface area contributed by atoms with Gasteiger partial charge in [-0.05, 0) is 24.8 Å². The summed E-state index contributed by atoms with van der Waals surface area (Å²) in [5.74, 6) is 0.751. The summed E-state index contributed by atoms with van der Waals surface area (Å²) >= 11 is 6.20. The molecule has 0 saturated carbocycles. The number of ether oxygens (including phenoxy) is 1. The second-order valence-corrected chi connectivity index (χ2v) is 6.21. The number of amides is 1. The van der Waals surface area contributed by atoms with Crippen LogP contribution in [-0.2, 0) is 4.74 Å². The third-order valence-electron chi connectivity index (χ3n) is 3.51. The number of piperidine rings is 1. The summed E-state index contributed by atoms with van der Waals surface area (Å²) in [7, 11) is 0. The lowest BCUT2D eigenvalue weighted by molar-refractivity contribution is 0.0214. The normalized spacial score (nSPS) is 16.5. The average molecular weight is 312 g/mol. The van der Waals surface area contributed by atoms with E-state index in [4.69, 9.17) is 22.1 Å². The van der Waals surface area contributed by atoms with E-state index in [1.807, 2.05) is 0 Å². The smallest absolute Gasteiger partial charge is 0.250 e. The number of rotatable bonds is 5. The summed E-state index contributed by atoms with van der Waals surface area (Å²) in [6.45, 7) is 6.81. The topological polar surface area (TPSA) is 68.4 Å². The number of carbonyl (C=O) groups excluding carboxylic acids is 1. The van der Waals surface area contributed by atoms with Crippen LogP contribution in [0.5, 0.6) is 0 Å². The number of nitrogens with zero attached hydrogens (tertiary/aromatic N) is 2. The molecule has 1 amide bonds. The van der Waals surface area contributed by atoms with Gasteiger partial charge in [-0.3, -0.25) is 4.79 Å². The molecule has 2 N–H and O–H groups in total.